The Balaban J connectivity index is 0.968. The monoisotopic (exact) mass is 952 g/mol. The molecule has 8 aromatic rings. The minimum Gasteiger partial charge on any atom is -0.497 e. The zero-order valence-corrected chi connectivity index (χ0v) is 37.4. The van der Waals surface area contributed by atoms with Crippen molar-refractivity contribution in [2.45, 2.75) is 42.9 Å². The molecular formula is C47H36O14S4. The van der Waals surface area contributed by atoms with E-state index in [1.807, 2.05) is 31.2 Å². The largest absolute Gasteiger partial charge is 0.497 e. The predicted octanol–water partition coefficient (Wildman–Crippen LogP) is 10.8. The fraction of sp³-hybridized carbons (Fsp3) is 0.0638. The number of sulfone groups is 2. The SMILES string of the molecule is COc1ccc2cc(Oc3ccc(S(=O)(=O)c4ccc(COc5ccc6cc(Oc7ccc(S(=O)(=O)c8ccc(C)cc8)cc7)ccc6c5)c(SOOO)c4)cc3S(=O)(=O)O)ccc2c1. The van der Waals surface area contributed by atoms with Gasteiger partial charge in [0.2, 0.25) is 19.7 Å². The maximum Gasteiger partial charge on any atom is 0.298 e. The van der Waals surface area contributed by atoms with E-state index in [1.165, 1.54) is 30.3 Å². The van der Waals surface area contributed by atoms with Gasteiger partial charge in [-0.05, 0) is 144 Å². The zero-order chi connectivity index (χ0) is 45.9. The second-order valence-corrected chi connectivity index (χ2v) is 20.4. The Labute approximate surface area is 378 Å². The van der Waals surface area contributed by atoms with Gasteiger partial charge in [0.25, 0.3) is 10.1 Å². The van der Waals surface area contributed by atoms with Crippen LogP contribution in [-0.2, 0) is 45.8 Å². The number of ether oxygens (including phenoxy) is 4. The van der Waals surface area contributed by atoms with E-state index in [4.69, 9.17) is 24.2 Å². The molecule has 0 amide bonds. The Hall–Kier alpha value is -6.48. The molecular weight excluding hydrogens is 917 g/mol. The molecule has 0 saturated carbocycles. The van der Waals surface area contributed by atoms with Crippen LogP contribution >= 0.6 is 12.0 Å². The van der Waals surface area contributed by atoms with Crippen molar-refractivity contribution in [3.8, 4) is 34.5 Å². The minimum absolute atomic E-state index is 0.0823. The van der Waals surface area contributed by atoms with E-state index in [0.29, 0.717) is 40.6 Å². The van der Waals surface area contributed by atoms with Crippen LogP contribution < -0.4 is 18.9 Å². The van der Waals surface area contributed by atoms with Crippen LogP contribution in [0.2, 0.25) is 0 Å². The Kier molecular flexibility index (Phi) is 12.9. The number of methoxy groups -OCH3 is 1. The fourth-order valence-electron chi connectivity index (χ4n) is 6.74. The molecule has 0 spiro atoms. The van der Waals surface area contributed by atoms with Gasteiger partial charge in [0, 0.05) is 10.5 Å². The first-order valence-corrected chi connectivity index (χ1v) is 24.4. The van der Waals surface area contributed by atoms with E-state index in [0.717, 1.165) is 45.3 Å². The average Bonchev–Trinajstić information content (AvgIpc) is 3.30. The minimum atomic E-state index is -4.99. The van der Waals surface area contributed by atoms with Gasteiger partial charge in [-0.2, -0.15) is 8.42 Å². The van der Waals surface area contributed by atoms with Crippen LogP contribution in [0.4, 0.5) is 0 Å². The molecule has 332 valence electrons. The molecule has 0 unspecified atom stereocenters. The summed E-state index contributed by atoms with van der Waals surface area (Å²) in [4.78, 5) is -0.997. The molecule has 0 aliphatic heterocycles. The highest BCUT2D eigenvalue weighted by Gasteiger charge is 2.26. The van der Waals surface area contributed by atoms with Gasteiger partial charge in [-0.1, -0.05) is 53.1 Å². The lowest BCUT2D eigenvalue weighted by molar-refractivity contribution is -0.432. The third kappa shape index (κ3) is 10.1. The van der Waals surface area contributed by atoms with Crippen LogP contribution in [0.1, 0.15) is 11.1 Å². The molecule has 0 fully saturated rings. The summed E-state index contributed by atoms with van der Waals surface area (Å²) < 4.78 is 117. The quantitative estimate of drug-likeness (QED) is 0.0401. The number of rotatable bonds is 16. The lowest BCUT2D eigenvalue weighted by atomic mass is 10.1. The first kappa shape index (κ1) is 45.1. The standard InChI is InChI=1S/C47H36O14S4/c1-30-3-16-41(17-4-30)63(49,50)42-19-14-36(15-20-42)58-39-12-7-32-24-38(11-6-34(32)25-39)57-29-35-9-18-43(27-46(35)62-61-60-48)64(51,52)44-21-22-45(47(28-44)65(53,54)55)59-40-13-8-31-23-37(56-2)10-5-33(31)26-40/h3-28,48H,29H2,1-2H3,(H,53,54,55). The smallest absolute Gasteiger partial charge is 0.298 e. The summed E-state index contributed by atoms with van der Waals surface area (Å²) in [5.74, 6) is 1.99. The van der Waals surface area contributed by atoms with Crippen molar-refractivity contribution in [2.24, 2.45) is 0 Å². The maximum atomic E-state index is 13.9. The number of benzene rings is 8. The lowest BCUT2D eigenvalue weighted by Crippen LogP contribution is -2.07. The molecule has 0 bridgehead atoms. The van der Waals surface area contributed by atoms with Crippen LogP contribution in [-0.4, -0.2) is 42.2 Å². The van der Waals surface area contributed by atoms with Crippen molar-refractivity contribution in [1.82, 2.24) is 0 Å². The highest BCUT2D eigenvalue weighted by molar-refractivity contribution is 7.94. The van der Waals surface area contributed by atoms with Gasteiger partial charge in [-0.25, -0.2) is 22.1 Å². The molecule has 0 radical (unpaired) electrons. The van der Waals surface area contributed by atoms with Crippen molar-refractivity contribution in [1.29, 1.82) is 0 Å². The molecule has 8 aromatic carbocycles. The van der Waals surface area contributed by atoms with E-state index >= 15 is 0 Å². The van der Waals surface area contributed by atoms with Gasteiger partial charge < -0.3 is 18.9 Å². The third-order valence-electron chi connectivity index (χ3n) is 10.1. The Bertz CT molecular complexity index is 3410. The summed E-state index contributed by atoms with van der Waals surface area (Å²) in [5, 5.41) is 15.9. The van der Waals surface area contributed by atoms with E-state index < -0.39 is 39.6 Å². The lowest BCUT2D eigenvalue weighted by Gasteiger charge is -2.14. The van der Waals surface area contributed by atoms with E-state index in [9.17, 15) is 29.8 Å². The molecule has 2 N–H and O–H groups in total. The van der Waals surface area contributed by atoms with Gasteiger partial charge >= 0.3 is 0 Å². The van der Waals surface area contributed by atoms with Crippen molar-refractivity contribution >= 4 is 63.4 Å². The normalized spacial score (nSPS) is 12.0. The summed E-state index contributed by atoms with van der Waals surface area (Å²) in [5.41, 5.74) is 1.39. The van der Waals surface area contributed by atoms with E-state index in [2.05, 4.69) is 9.37 Å². The summed E-state index contributed by atoms with van der Waals surface area (Å²) in [6, 6.07) is 41.0. The second-order valence-electron chi connectivity index (χ2n) is 14.4. The van der Waals surface area contributed by atoms with Crippen LogP contribution in [0.3, 0.4) is 0 Å². The zero-order valence-electron chi connectivity index (χ0n) is 34.1. The molecule has 0 saturated heterocycles. The molecule has 65 heavy (non-hydrogen) atoms. The predicted molar refractivity (Wildman–Crippen MR) is 241 cm³/mol. The maximum absolute atomic E-state index is 13.9. The van der Waals surface area contributed by atoms with Crippen LogP contribution in [0.15, 0.2) is 187 Å². The van der Waals surface area contributed by atoms with Gasteiger partial charge in [-0.3, -0.25) is 4.55 Å². The van der Waals surface area contributed by atoms with Crippen LogP contribution in [0, 0.1) is 6.92 Å². The number of hydrogen-bond acceptors (Lipinski definition) is 14. The summed E-state index contributed by atoms with van der Waals surface area (Å²) in [7, 11) is -11.6. The van der Waals surface area contributed by atoms with Gasteiger partial charge in [0.15, 0.2) is 0 Å². The van der Waals surface area contributed by atoms with Gasteiger partial charge in [0.1, 0.15) is 46.0 Å². The summed E-state index contributed by atoms with van der Waals surface area (Å²) >= 11 is 0.504. The molecule has 8 rings (SSSR count). The van der Waals surface area contributed by atoms with Crippen molar-refractivity contribution in [2.75, 3.05) is 7.11 Å². The van der Waals surface area contributed by atoms with Crippen molar-refractivity contribution in [3.63, 3.8) is 0 Å². The highest BCUT2D eigenvalue weighted by atomic mass is 32.2. The Morgan fingerprint density at radius 1 is 0.508 bits per heavy atom. The molecule has 0 aromatic heterocycles. The van der Waals surface area contributed by atoms with Crippen LogP contribution in [0.25, 0.3) is 21.5 Å². The number of hydrogen-bond donors (Lipinski definition) is 2. The number of aryl methyl sites for hydroxylation is 1. The van der Waals surface area contributed by atoms with Crippen molar-refractivity contribution < 1.29 is 63.4 Å². The summed E-state index contributed by atoms with van der Waals surface area (Å²) in [6.07, 6.45) is 0. The third-order valence-corrected chi connectivity index (χ3v) is 15.2. The Morgan fingerprint density at radius 3 is 1.58 bits per heavy atom. The molecule has 0 aliphatic rings. The summed E-state index contributed by atoms with van der Waals surface area (Å²) in [6.45, 7) is 1.80. The average molecular weight is 953 g/mol. The topological polar surface area (TPSA) is 198 Å². The van der Waals surface area contributed by atoms with Gasteiger partial charge in [-0.15, -0.1) is 4.33 Å². The van der Waals surface area contributed by atoms with Gasteiger partial charge in [0.05, 0.1) is 38.7 Å². The first-order chi connectivity index (χ1) is 31.1. The molecule has 0 heterocycles. The van der Waals surface area contributed by atoms with E-state index in [-0.39, 0.29) is 37.7 Å². The molecule has 14 nitrogen and oxygen atoms in total. The van der Waals surface area contributed by atoms with Crippen LogP contribution in [0.5, 0.6) is 34.5 Å². The van der Waals surface area contributed by atoms with E-state index in [1.54, 1.807) is 92.0 Å². The highest BCUT2D eigenvalue weighted by Crippen LogP contribution is 2.37. The number of fused-ring (bicyclic) bond motifs is 2. The molecule has 0 aliphatic carbocycles. The Morgan fingerprint density at radius 2 is 0.985 bits per heavy atom. The fourth-order valence-corrected chi connectivity index (χ4v) is 10.6. The van der Waals surface area contributed by atoms with Crippen molar-refractivity contribution in [3.05, 3.63) is 169 Å². The first-order valence-electron chi connectivity index (χ1n) is 19.3. The molecule has 18 heteroatoms. The second kappa shape index (κ2) is 18.6. The molecule has 0 atom stereocenters.